The maximum Gasteiger partial charge on any atom is 0.223 e. The number of nitrogens with one attached hydrogen (secondary N) is 1. The first-order valence-electron chi connectivity index (χ1n) is 8.89. The average Bonchev–Trinajstić information content (AvgIpc) is 2.61. The van der Waals surface area contributed by atoms with Gasteiger partial charge in [-0.15, -0.1) is 0 Å². The molecule has 0 bridgehead atoms. The van der Waals surface area contributed by atoms with Crippen molar-refractivity contribution < 1.29 is 15.0 Å². The Morgan fingerprint density at radius 2 is 1.92 bits per heavy atom. The predicted octanol–water partition coefficient (Wildman–Crippen LogP) is 1.85. The number of hydrogen-bond acceptors (Lipinski definition) is 4. The number of carbonyl (C=O) groups excluding carboxylic acids is 1. The molecule has 0 radical (unpaired) electrons. The van der Waals surface area contributed by atoms with E-state index in [0.29, 0.717) is 13.1 Å². The Morgan fingerprint density at radius 1 is 1.25 bits per heavy atom. The minimum absolute atomic E-state index is 0.0732. The lowest BCUT2D eigenvalue weighted by atomic mass is 9.80. The zero-order valence-electron chi connectivity index (χ0n) is 14.6. The van der Waals surface area contributed by atoms with E-state index in [4.69, 9.17) is 0 Å². The van der Waals surface area contributed by atoms with Crippen molar-refractivity contribution >= 4 is 5.91 Å². The molecule has 1 saturated carbocycles. The Bertz CT molecular complexity index is 501. The lowest BCUT2D eigenvalue weighted by Crippen LogP contribution is -2.56. The SMILES string of the molecule is CN(CCO)C1(CNC(=O)CC(O)c2ccccc2)CCCCC1. The Hall–Kier alpha value is -1.43. The van der Waals surface area contributed by atoms with Crippen LogP contribution in [0.2, 0.25) is 0 Å². The van der Waals surface area contributed by atoms with Crippen LogP contribution in [0.1, 0.15) is 50.2 Å². The van der Waals surface area contributed by atoms with Crippen molar-refractivity contribution in [3.63, 3.8) is 0 Å². The molecule has 5 heteroatoms. The summed E-state index contributed by atoms with van der Waals surface area (Å²) < 4.78 is 0. The van der Waals surface area contributed by atoms with E-state index in [1.54, 1.807) is 0 Å². The highest BCUT2D eigenvalue weighted by molar-refractivity contribution is 5.76. The van der Waals surface area contributed by atoms with Gasteiger partial charge in [-0.2, -0.15) is 0 Å². The van der Waals surface area contributed by atoms with Crippen LogP contribution in [0.5, 0.6) is 0 Å². The van der Waals surface area contributed by atoms with Crippen LogP contribution in [0.3, 0.4) is 0 Å². The molecule has 3 N–H and O–H groups in total. The summed E-state index contributed by atoms with van der Waals surface area (Å²) in [7, 11) is 2.02. The van der Waals surface area contributed by atoms with E-state index >= 15 is 0 Å². The van der Waals surface area contributed by atoms with Crippen LogP contribution < -0.4 is 5.32 Å². The normalized spacial score (nSPS) is 18.3. The minimum Gasteiger partial charge on any atom is -0.395 e. The topological polar surface area (TPSA) is 72.8 Å². The third-order valence-electron chi connectivity index (χ3n) is 5.21. The largest absolute Gasteiger partial charge is 0.395 e. The molecule has 1 aromatic carbocycles. The summed E-state index contributed by atoms with van der Waals surface area (Å²) in [6, 6.07) is 9.26. The highest BCUT2D eigenvalue weighted by Gasteiger charge is 2.36. The molecule has 1 aliphatic carbocycles. The summed E-state index contributed by atoms with van der Waals surface area (Å²) in [6.07, 6.45) is 4.90. The van der Waals surface area contributed by atoms with Crippen LogP contribution in [0, 0.1) is 0 Å². The van der Waals surface area contributed by atoms with Gasteiger partial charge in [-0.3, -0.25) is 9.69 Å². The second-order valence-electron chi connectivity index (χ2n) is 6.84. The van der Waals surface area contributed by atoms with E-state index in [9.17, 15) is 15.0 Å². The number of likely N-dealkylation sites (N-methyl/N-ethyl adjacent to an activating group) is 1. The number of aliphatic hydroxyl groups is 2. The number of rotatable bonds is 8. The first-order chi connectivity index (χ1) is 11.6. The minimum atomic E-state index is -0.774. The molecule has 1 amide bonds. The van der Waals surface area contributed by atoms with E-state index in [1.165, 1.54) is 6.42 Å². The summed E-state index contributed by atoms with van der Waals surface area (Å²) in [5.41, 5.74) is 0.686. The smallest absolute Gasteiger partial charge is 0.223 e. The predicted molar refractivity (Wildman–Crippen MR) is 94.6 cm³/mol. The molecule has 5 nitrogen and oxygen atoms in total. The molecule has 1 atom stereocenters. The second-order valence-corrected chi connectivity index (χ2v) is 6.84. The average molecular weight is 334 g/mol. The number of nitrogens with zero attached hydrogens (tertiary/aromatic N) is 1. The lowest BCUT2D eigenvalue weighted by molar-refractivity contribution is -0.124. The zero-order chi connectivity index (χ0) is 17.4. The van der Waals surface area contributed by atoms with Crippen LogP contribution in [-0.4, -0.2) is 53.3 Å². The fourth-order valence-electron chi connectivity index (χ4n) is 3.59. The number of aliphatic hydroxyl groups excluding tert-OH is 2. The van der Waals surface area contributed by atoms with E-state index in [1.807, 2.05) is 37.4 Å². The molecular weight excluding hydrogens is 304 g/mol. The monoisotopic (exact) mass is 334 g/mol. The number of β-amino-alcohol motifs (C(OH)–C–C–N with tert-alkyl or cyclic N) is 1. The van der Waals surface area contributed by atoms with Gasteiger partial charge in [-0.25, -0.2) is 0 Å². The van der Waals surface area contributed by atoms with Crippen molar-refractivity contribution in [3.8, 4) is 0 Å². The fourth-order valence-corrected chi connectivity index (χ4v) is 3.59. The molecule has 1 aliphatic rings. The lowest BCUT2D eigenvalue weighted by Gasteiger charge is -2.44. The maximum absolute atomic E-state index is 12.3. The van der Waals surface area contributed by atoms with E-state index in [-0.39, 0.29) is 24.5 Å². The van der Waals surface area contributed by atoms with E-state index < -0.39 is 6.10 Å². The summed E-state index contributed by atoms with van der Waals surface area (Å²) >= 11 is 0. The Balaban J connectivity index is 1.90. The van der Waals surface area contributed by atoms with Gasteiger partial charge in [0.25, 0.3) is 0 Å². The van der Waals surface area contributed by atoms with Crippen molar-refractivity contribution in [1.82, 2.24) is 10.2 Å². The molecule has 24 heavy (non-hydrogen) atoms. The molecule has 1 unspecified atom stereocenters. The van der Waals surface area contributed by atoms with Gasteiger partial charge < -0.3 is 15.5 Å². The Kier molecular flexibility index (Phi) is 7.21. The number of amides is 1. The third kappa shape index (κ3) is 5.03. The maximum atomic E-state index is 12.3. The second kappa shape index (κ2) is 9.16. The fraction of sp³-hybridized carbons (Fsp3) is 0.632. The van der Waals surface area contributed by atoms with Gasteiger partial charge in [0.2, 0.25) is 5.91 Å². The number of benzene rings is 1. The van der Waals surface area contributed by atoms with Gasteiger partial charge in [0.1, 0.15) is 0 Å². The van der Waals surface area contributed by atoms with Crippen LogP contribution in [0.25, 0.3) is 0 Å². The molecule has 0 aliphatic heterocycles. The van der Waals surface area contributed by atoms with Gasteiger partial charge >= 0.3 is 0 Å². The third-order valence-corrected chi connectivity index (χ3v) is 5.21. The first-order valence-corrected chi connectivity index (χ1v) is 8.89. The molecule has 0 heterocycles. The van der Waals surface area contributed by atoms with Gasteiger partial charge in [0.05, 0.1) is 19.1 Å². The molecule has 134 valence electrons. The number of hydrogen-bond donors (Lipinski definition) is 3. The molecule has 1 fully saturated rings. The van der Waals surface area contributed by atoms with E-state index in [2.05, 4.69) is 10.2 Å². The van der Waals surface area contributed by atoms with E-state index in [0.717, 1.165) is 31.2 Å². The molecule has 0 aromatic heterocycles. The van der Waals surface area contributed by atoms with Gasteiger partial charge in [0, 0.05) is 18.6 Å². The van der Waals surface area contributed by atoms with Crippen LogP contribution in [0.15, 0.2) is 30.3 Å². The summed E-state index contributed by atoms with van der Waals surface area (Å²) in [5, 5.41) is 22.4. The summed E-state index contributed by atoms with van der Waals surface area (Å²) in [5.74, 6) is -0.131. The highest BCUT2D eigenvalue weighted by atomic mass is 16.3. The van der Waals surface area contributed by atoms with Crippen molar-refractivity contribution in [2.45, 2.75) is 50.2 Å². The molecule has 1 aromatic rings. The standard InChI is InChI=1S/C19H30N2O3/c1-21(12-13-22)19(10-6-3-7-11-19)15-20-18(24)14-17(23)16-8-4-2-5-9-16/h2,4-5,8-9,17,22-23H,3,6-7,10-15H2,1H3,(H,20,24). The van der Waals surface area contributed by atoms with Crippen molar-refractivity contribution in [2.24, 2.45) is 0 Å². The van der Waals surface area contributed by atoms with Gasteiger partial charge in [-0.05, 0) is 25.5 Å². The van der Waals surface area contributed by atoms with Crippen LogP contribution >= 0.6 is 0 Å². The molecule has 0 spiro atoms. The van der Waals surface area contributed by atoms with Gasteiger partial charge in [0.15, 0.2) is 0 Å². The molecule has 2 rings (SSSR count). The molecular formula is C19H30N2O3. The quantitative estimate of drug-likeness (QED) is 0.678. The van der Waals surface area contributed by atoms with Crippen molar-refractivity contribution in [1.29, 1.82) is 0 Å². The van der Waals surface area contributed by atoms with Crippen LogP contribution in [0.4, 0.5) is 0 Å². The number of carbonyl (C=O) groups is 1. The van der Waals surface area contributed by atoms with Crippen molar-refractivity contribution in [2.75, 3.05) is 26.7 Å². The molecule has 0 saturated heterocycles. The van der Waals surface area contributed by atoms with Crippen molar-refractivity contribution in [3.05, 3.63) is 35.9 Å². The van der Waals surface area contributed by atoms with Gasteiger partial charge in [-0.1, -0.05) is 49.6 Å². The zero-order valence-corrected chi connectivity index (χ0v) is 14.6. The first kappa shape index (κ1) is 18.9. The van der Waals surface area contributed by atoms with Crippen LogP contribution in [-0.2, 0) is 4.79 Å². The Morgan fingerprint density at radius 3 is 2.54 bits per heavy atom. The Labute approximate surface area is 144 Å². The summed E-state index contributed by atoms with van der Waals surface area (Å²) in [4.78, 5) is 14.4. The summed E-state index contributed by atoms with van der Waals surface area (Å²) in [6.45, 7) is 1.31. The highest BCUT2D eigenvalue weighted by Crippen LogP contribution is 2.32.